The molecular weight excluding hydrogens is 186 g/mol. The van der Waals surface area contributed by atoms with Gasteiger partial charge in [-0.1, -0.05) is 27.7 Å². The quantitative estimate of drug-likeness (QED) is 0.700. The van der Waals surface area contributed by atoms with E-state index in [2.05, 4.69) is 46.6 Å². The van der Waals surface area contributed by atoms with Crippen molar-refractivity contribution in [3.05, 3.63) is 0 Å². The Balaban J connectivity index is 3.33. The molecule has 1 aliphatic rings. The maximum atomic E-state index is 12.0. The van der Waals surface area contributed by atoms with Gasteiger partial charge in [0.15, 0.2) is 0 Å². The summed E-state index contributed by atoms with van der Waals surface area (Å²) < 4.78 is 0. The lowest BCUT2D eigenvalue weighted by molar-refractivity contribution is -0.132. The molecule has 1 aliphatic heterocycles. The first kappa shape index (κ1) is 12.7. The van der Waals surface area contributed by atoms with E-state index in [1.165, 1.54) is 0 Å². The van der Waals surface area contributed by atoms with Gasteiger partial charge in [-0.05, 0) is 38.1 Å². The summed E-state index contributed by atoms with van der Waals surface area (Å²) in [5, 5.41) is 0. The molecule has 88 valence electrons. The lowest BCUT2D eigenvalue weighted by Gasteiger charge is -2.47. The molecule has 0 amide bonds. The van der Waals surface area contributed by atoms with Crippen molar-refractivity contribution in [2.45, 2.75) is 53.5 Å². The largest absolute Gasteiger partial charge is 0.298 e. The third-order valence-electron chi connectivity index (χ3n) is 5.36. The SMILES string of the molecule is CCC1(C)C(C)(C)CN(C)C1(C)C(C)=O. The van der Waals surface area contributed by atoms with E-state index in [1.807, 2.05) is 0 Å². The molecular formula is C13H25NO. The van der Waals surface area contributed by atoms with Gasteiger partial charge in [-0.25, -0.2) is 0 Å². The van der Waals surface area contributed by atoms with E-state index >= 15 is 0 Å². The zero-order chi connectivity index (χ0) is 12.1. The molecule has 0 aliphatic carbocycles. The summed E-state index contributed by atoms with van der Waals surface area (Å²) >= 11 is 0. The van der Waals surface area contributed by atoms with Gasteiger partial charge >= 0.3 is 0 Å². The first-order valence-electron chi connectivity index (χ1n) is 5.86. The van der Waals surface area contributed by atoms with Gasteiger partial charge in [0.1, 0.15) is 5.78 Å². The van der Waals surface area contributed by atoms with Crippen LogP contribution in [0.25, 0.3) is 0 Å². The summed E-state index contributed by atoms with van der Waals surface area (Å²) in [6, 6.07) is 0. The fourth-order valence-electron chi connectivity index (χ4n) is 3.49. The monoisotopic (exact) mass is 211 g/mol. The Hall–Kier alpha value is -0.370. The van der Waals surface area contributed by atoms with Crippen LogP contribution >= 0.6 is 0 Å². The zero-order valence-electron chi connectivity index (χ0n) is 11.3. The number of hydrogen-bond donors (Lipinski definition) is 0. The molecule has 1 fully saturated rings. The molecule has 0 bridgehead atoms. The summed E-state index contributed by atoms with van der Waals surface area (Å²) in [5.41, 5.74) is -0.0667. The maximum Gasteiger partial charge on any atom is 0.150 e. The average molecular weight is 211 g/mol. The van der Waals surface area contributed by atoms with Crippen LogP contribution in [0.3, 0.4) is 0 Å². The van der Waals surface area contributed by atoms with Crippen LogP contribution in [0, 0.1) is 10.8 Å². The highest BCUT2D eigenvalue weighted by Crippen LogP contribution is 2.57. The number of rotatable bonds is 2. The maximum absolute atomic E-state index is 12.0. The zero-order valence-corrected chi connectivity index (χ0v) is 11.3. The molecule has 1 saturated heterocycles. The van der Waals surface area contributed by atoms with Crippen LogP contribution in [0.1, 0.15) is 48.0 Å². The Bertz CT molecular complexity index is 284. The van der Waals surface area contributed by atoms with Crippen LogP contribution in [0.2, 0.25) is 0 Å². The Kier molecular flexibility index (Phi) is 2.80. The smallest absolute Gasteiger partial charge is 0.150 e. The number of Topliss-reactive ketones (excluding diaryl/α,β-unsaturated/α-hetero) is 1. The number of nitrogens with zero attached hydrogens (tertiary/aromatic N) is 1. The fraction of sp³-hybridized carbons (Fsp3) is 0.923. The molecule has 15 heavy (non-hydrogen) atoms. The Morgan fingerprint density at radius 2 is 1.73 bits per heavy atom. The molecule has 2 nitrogen and oxygen atoms in total. The third-order valence-corrected chi connectivity index (χ3v) is 5.36. The molecule has 0 saturated carbocycles. The molecule has 0 aromatic heterocycles. The van der Waals surface area contributed by atoms with Crippen molar-refractivity contribution in [2.24, 2.45) is 10.8 Å². The molecule has 2 atom stereocenters. The molecule has 1 rings (SSSR count). The molecule has 0 aromatic rings. The lowest BCUT2D eigenvalue weighted by atomic mass is 9.58. The first-order chi connectivity index (χ1) is 6.63. The van der Waals surface area contributed by atoms with Crippen molar-refractivity contribution >= 4 is 5.78 Å². The predicted molar refractivity (Wildman–Crippen MR) is 63.9 cm³/mol. The highest BCUT2D eigenvalue weighted by molar-refractivity contribution is 5.87. The first-order valence-corrected chi connectivity index (χ1v) is 5.86. The second kappa shape index (κ2) is 3.31. The molecule has 0 N–H and O–H groups in total. The van der Waals surface area contributed by atoms with Crippen LogP contribution < -0.4 is 0 Å². The Labute approximate surface area is 94.0 Å². The Morgan fingerprint density at radius 3 is 2.00 bits per heavy atom. The van der Waals surface area contributed by atoms with Crippen LogP contribution in [-0.4, -0.2) is 29.8 Å². The topological polar surface area (TPSA) is 20.3 Å². The predicted octanol–water partition coefficient (Wildman–Crippen LogP) is 2.72. The summed E-state index contributed by atoms with van der Waals surface area (Å²) in [5.74, 6) is 0.292. The summed E-state index contributed by atoms with van der Waals surface area (Å²) in [6.45, 7) is 13.8. The van der Waals surface area contributed by atoms with E-state index in [1.54, 1.807) is 6.92 Å². The molecule has 0 radical (unpaired) electrons. The number of hydrogen-bond acceptors (Lipinski definition) is 2. The van der Waals surface area contributed by atoms with Gasteiger partial charge in [0.05, 0.1) is 5.54 Å². The van der Waals surface area contributed by atoms with Crippen molar-refractivity contribution in [1.82, 2.24) is 4.90 Å². The van der Waals surface area contributed by atoms with Gasteiger partial charge in [0.25, 0.3) is 0 Å². The highest BCUT2D eigenvalue weighted by Gasteiger charge is 2.62. The normalized spacial score (nSPS) is 40.7. The molecule has 2 unspecified atom stereocenters. The summed E-state index contributed by atoms with van der Waals surface area (Å²) in [6.07, 6.45) is 1.04. The van der Waals surface area contributed by atoms with Gasteiger partial charge in [0, 0.05) is 6.54 Å². The number of likely N-dealkylation sites (N-methyl/N-ethyl adjacent to an activating group) is 1. The minimum absolute atomic E-state index is 0.0561. The minimum Gasteiger partial charge on any atom is -0.298 e. The second-order valence-electron chi connectivity index (χ2n) is 6.05. The number of likely N-dealkylation sites (tertiary alicyclic amines) is 1. The van der Waals surface area contributed by atoms with Gasteiger partial charge in [-0.3, -0.25) is 9.69 Å². The minimum atomic E-state index is -0.314. The van der Waals surface area contributed by atoms with E-state index in [-0.39, 0.29) is 16.4 Å². The van der Waals surface area contributed by atoms with Gasteiger partial charge in [-0.15, -0.1) is 0 Å². The van der Waals surface area contributed by atoms with Crippen molar-refractivity contribution in [1.29, 1.82) is 0 Å². The number of carbonyl (C=O) groups is 1. The van der Waals surface area contributed by atoms with Crippen LogP contribution in [0.5, 0.6) is 0 Å². The number of carbonyl (C=O) groups excluding carboxylic acids is 1. The van der Waals surface area contributed by atoms with Gasteiger partial charge < -0.3 is 0 Å². The third kappa shape index (κ3) is 1.30. The van der Waals surface area contributed by atoms with E-state index in [0.29, 0.717) is 5.78 Å². The summed E-state index contributed by atoms with van der Waals surface area (Å²) in [4.78, 5) is 14.2. The van der Waals surface area contributed by atoms with Crippen molar-refractivity contribution in [3.63, 3.8) is 0 Å². The van der Waals surface area contributed by atoms with Crippen molar-refractivity contribution < 1.29 is 4.79 Å². The molecule has 0 aromatic carbocycles. The Morgan fingerprint density at radius 1 is 1.27 bits per heavy atom. The average Bonchev–Trinajstić information content (AvgIpc) is 2.25. The van der Waals surface area contributed by atoms with Crippen LogP contribution in [0.4, 0.5) is 0 Å². The van der Waals surface area contributed by atoms with Gasteiger partial charge in [-0.2, -0.15) is 0 Å². The van der Waals surface area contributed by atoms with E-state index in [4.69, 9.17) is 0 Å². The molecule has 1 heterocycles. The summed E-state index contributed by atoms with van der Waals surface area (Å²) in [7, 11) is 2.07. The van der Waals surface area contributed by atoms with E-state index < -0.39 is 0 Å². The van der Waals surface area contributed by atoms with Crippen LogP contribution in [-0.2, 0) is 4.79 Å². The standard InChI is InChI=1S/C13H25NO/c1-8-12(5)11(3,4)9-14(7)13(12,6)10(2)15/h8-9H2,1-7H3. The van der Waals surface area contributed by atoms with Crippen molar-refractivity contribution in [3.8, 4) is 0 Å². The second-order valence-corrected chi connectivity index (χ2v) is 6.05. The molecule has 0 spiro atoms. The highest BCUT2D eigenvalue weighted by atomic mass is 16.1. The fourth-order valence-corrected chi connectivity index (χ4v) is 3.49. The van der Waals surface area contributed by atoms with Gasteiger partial charge in [0.2, 0.25) is 0 Å². The lowest BCUT2D eigenvalue weighted by Crippen LogP contribution is -2.55. The van der Waals surface area contributed by atoms with Crippen LogP contribution in [0.15, 0.2) is 0 Å². The number of ketones is 1. The van der Waals surface area contributed by atoms with E-state index in [0.717, 1.165) is 13.0 Å². The molecule has 2 heteroatoms. The van der Waals surface area contributed by atoms with Crippen molar-refractivity contribution in [2.75, 3.05) is 13.6 Å². The van der Waals surface area contributed by atoms with E-state index in [9.17, 15) is 4.79 Å².